The third kappa shape index (κ3) is 3.68. The van der Waals surface area contributed by atoms with Crippen molar-refractivity contribution in [3.63, 3.8) is 0 Å². The topological polar surface area (TPSA) is 39.1 Å². The molecule has 0 aliphatic carbocycles. The minimum Gasteiger partial charge on any atom is -0.324 e. The van der Waals surface area contributed by atoms with Crippen molar-refractivity contribution in [2.45, 2.75) is 33.2 Å². The van der Waals surface area contributed by atoms with E-state index in [9.17, 15) is 0 Å². The van der Waals surface area contributed by atoms with E-state index in [1.165, 1.54) is 11.1 Å². The number of hydrogen-bond acceptors (Lipinski definition) is 3. The summed E-state index contributed by atoms with van der Waals surface area (Å²) in [5.41, 5.74) is 6.54. The molecule has 4 nitrogen and oxygen atoms in total. The molecule has 108 valence electrons. The molecule has 0 radical (unpaired) electrons. The van der Waals surface area contributed by atoms with Gasteiger partial charge in [0.1, 0.15) is 5.82 Å². The molecule has 2 rings (SSSR count). The summed E-state index contributed by atoms with van der Waals surface area (Å²) in [7, 11) is 1.65. The zero-order valence-corrected chi connectivity index (χ0v) is 12.5. The number of hydroxylamine groups is 1. The first kappa shape index (κ1) is 14.8. The number of aromatic nitrogens is 2. The number of imidazole rings is 1. The number of benzene rings is 1. The fraction of sp³-hybridized carbons (Fsp3) is 0.438. The maximum absolute atomic E-state index is 4.82. The Kier molecular flexibility index (Phi) is 5.32. The summed E-state index contributed by atoms with van der Waals surface area (Å²) in [5, 5.41) is 0. The van der Waals surface area contributed by atoms with Crippen molar-refractivity contribution in [2.24, 2.45) is 0 Å². The highest BCUT2D eigenvalue weighted by Crippen LogP contribution is 2.16. The molecule has 0 atom stereocenters. The molecule has 0 aliphatic heterocycles. The van der Waals surface area contributed by atoms with Gasteiger partial charge >= 0.3 is 0 Å². The number of nitrogens with one attached hydrogen (secondary N) is 1. The lowest BCUT2D eigenvalue weighted by atomic mass is 10.1. The third-order valence-corrected chi connectivity index (χ3v) is 3.46. The van der Waals surface area contributed by atoms with Crippen molar-refractivity contribution in [1.82, 2.24) is 15.0 Å². The number of hydrogen-bond donors (Lipinski definition) is 1. The van der Waals surface area contributed by atoms with Gasteiger partial charge in [0.25, 0.3) is 0 Å². The Morgan fingerprint density at radius 1 is 1.40 bits per heavy atom. The predicted octanol–water partition coefficient (Wildman–Crippen LogP) is 3.22. The van der Waals surface area contributed by atoms with Crippen LogP contribution in [0.4, 0.5) is 0 Å². The monoisotopic (exact) mass is 273 g/mol. The first-order valence-corrected chi connectivity index (χ1v) is 7.05. The first-order valence-electron chi connectivity index (χ1n) is 7.05. The molecular weight excluding hydrogens is 250 g/mol. The molecule has 1 heterocycles. The molecule has 0 amide bonds. The molecule has 0 unspecified atom stereocenters. The van der Waals surface area contributed by atoms with Crippen LogP contribution in [0.25, 0.3) is 11.0 Å². The molecule has 0 aliphatic rings. The number of fused-ring (bicyclic) bond motifs is 1. The van der Waals surface area contributed by atoms with Crippen LogP contribution >= 0.6 is 0 Å². The van der Waals surface area contributed by atoms with E-state index < -0.39 is 0 Å². The normalized spacial score (nSPS) is 12.2. The van der Waals surface area contributed by atoms with Crippen LogP contribution in [0.15, 0.2) is 35.9 Å². The van der Waals surface area contributed by atoms with Gasteiger partial charge < -0.3 is 9.40 Å². The van der Waals surface area contributed by atoms with Gasteiger partial charge in [0, 0.05) is 13.1 Å². The highest BCUT2D eigenvalue weighted by Gasteiger charge is 2.04. The molecule has 1 N–H and O–H groups in total. The van der Waals surface area contributed by atoms with E-state index >= 15 is 0 Å². The van der Waals surface area contributed by atoms with Crippen molar-refractivity contribution in [2.75, 3.05) is 13.7 Å². The molecule has 2 aromatic rings. The number of aryl methyl sites for hydroxylation is 1. The fourth-order valence-electron chi connectivity index (χ4n) is 2.32. The Hall–Kier alpha value is -1.65. The van der Waals surface area contributed by atoms with Gasteiger partial charge in [-0.15, -0.1) is 0 Å². The summed E-state index contributed by atoms with van der Waals surface area (Å²) in [4.78, 5) is 9.41. The van der Waals surface area contributed by atoms with Crippen LogP contribution < -0.4 is 5.48 Å². The molecule has 4 heteroatoms. The van der Waals surface area contributed by atoms with Crippen molar-refractivity contribution in [3.8, 4) is 0 Å². The Bertz CT molecular complexity index is 586. The molecule has 0 spiro atoms. The summed E-state index contributed by atoms with van der Waals surface area (Å²) in [6, 6.07) is 8.28. The minimum atomic E-state index is 0.884. The van der Waals surface area contributed by atoms with Crippen molar-refractivity contribution < 1.29 is 4.84 Å². The van der Waals surface area contributed by atoms with E-state index in [1.54, 1.807) is 7.11 Å². The molecule has 0 fully saturated rings. The summed E-state index contributed by atoms with van der Waals surface area (Å²) >= 11 is 0. The molecule has 0 saturated carbocycles. The van der Waals surface area contributed by atoms with Crippen LogP contribution in [0.3, 0.4) is 0 Å². The van der Waals surface area contributed by atoms with Gasteiger partial charge in [-0.3, -0.25) is 0 Å². The number of allylic oxidation sites excluding steroid dienone is 2. The van der Waals surface area contributed by atoms with Crippen LogP contribution in [0, 0.1) is 6.92 Å². The standard InChI is InChI=1S/C16H23N3O/c1-13(7-6-11-17-20-3)10-12-19-14(2)18-15-8-4-5-9-16(15)19/h4-5,8-10,17H,6-7,11-12H2,1-3H3/b13-10+. The quantitative estimate of drug-likeness (QED) is 0.478. The van der Waals surface area contributed by atoms with Gasteiger partial charge in [-0.2, -0.15) is 0 Å². The Labute approximate surface area is 120 Å². The maximum atomic E-state index is 4.82. The molecule has 0 saturated heterocycles. The van der Waals surface area contributed by atoms with Gasteiger partial charge in [-0.25, -0.2) is 10.5 Å². The number of para-hydroxylation sites is 2. The molecular formula is C16H23N3O. The lowest BCUT2D eigenvalue weighted by Crippen LogP contribution is -2.12. The SMILES string of the molecule is CONCCC/C(C)=C/Cn1c(C)nc2ccccc21. The lowest BCUT2D eigenvalue weighted by molar-refractivity contribution is 0.0911. The second-order valence-electron chi connectivity index (χ2n) is 5.01. The maximum Gasteiger partial charge on any atom is 0.107 e. The van der Waals surface area contributed by atoms with Crippen LogP contribution in [0.2, 0.25) is 0 Å². The van der Waals surface area contributed by atoms with Gasteiger partial charge in [0.2, 0.25) is 0 Å². The first-order chi connectivity index (χ1) is 9.72. The van der Waals surface area contributed by atoms with E-state index in [0.717, 1.165) is 37.3 Å². The van der Waals surface area contributed by atoms with E-state index in [4.69, 9.17) is 4.84 Å². The van der Waals surface area contributed by atoms with Crippen LogP contribution in [0.1, 0.15) is 25.6 Å². The summed E-state index contributed by atoms with van der Waals surface area (Å²) < 4.78 is 2.26. The van der Waals surface area contributed by atoms with Crippen LogP contribution in [-0.4, -0.2) is 23.2 Å². The summed E-state index contributed by atoms with van der Waals surface area (Å²) in [6.45, 7) is 6.01. The second kappa shape index (κ2) is 7.22. The third-order valence-electron chi connectivity index (χ3n) is 3.46. The predicted molar refractivity (Wildman–Crippen MR) is 82.5 cm³/mol. The lowest BCUT2D eigenvalue weighted by Gasteiger charge is -2.06. The average Bonchev–Trinajstić information content (AvgIpc) is 2.77. The smallest absolute Gasteiger partial charge is 0.107 e. The van der Waals surface area contributed by atoms with Crippen molar-refractivity contribution in [3.05, 3.63) is 41.7 Å². The Balaban J connectivity index is 1.99. The number of rotatable bonds is 7. The Morgan fingerprint density at radius 2 is 2.20 bits per heavy atom. The van der Waals surface area contributed by atoms with E-state index in [0.29, 0.717) is 0 Å². The van der Waals surface area contributed by atoms with Crippen LogP contribution in [-0.2, 0) is 11.4 Å². The van der Waals surface area contributed by atoms with Crippen molar-refractivity contribution >= 4 is 11.0 Å². The zero-order valence-electron chi connectivity index (χ0n) is 12.5. The van der Waals surface area contributed by atoms with E-state index in [2.05, 4.69) is 53.2 Å². The van der Waals surface area contributed by atoms with E-state index in [1.807, 2.05) is 6.07 Å². The largest absolute Gasteiger partial charge is 0.324 e. The fourth-order valence-corrected chi connectivity index (χ4v) is 2.32. The van der Waals surface area contributed by atoms with Gasteiger partial charge in [-0.1, -0.05) is 23.8 Å². The molecule has 1 aromatic heterocycles. The van der Waals surface area contributed by atoms with Crippen LogP contribution in [0.5, 0.6) is 0 Å². The molecule has 1 aromatic carbocycles. The molecule has 0 bridgehead atoms. The average molecular weight is 273 g/mol. The summed E-state index contributed by atoms with van der Waals surface area (Å²) in [5.74, 6) is 1.07. The summed E-state index contributed by atoms with van der Waals surface area (Å²) in [6.07, 6.45) is 4.45. The zero-order chi connectivity index (χ0) is 14.4. The van der Waals surface area contributed by atoms with Gasteiger partial charge in [0.05, 0.1) is 18.1 Å². The second-order valence-corrected chi connectivity index (χ2v) is 5.01. The van der Waals surface area contributed by atoms with Crippen molar-refractivity contribution in [1.29, 1.82) is 0 Å². The Morgan fingerprint density at radius 3 is 3.00 bits per heavy atom. The highest BCUT2D eigenvalue weighted by molar-refractivity contribution is 5.75. The number of nitrogens with zero attached hydrogens (tertiary/aromatic N) is 2. The highest BCUT2D eigenvalue weighted by atomic mass is 16.6. The minimum absolute atomic E-state index is 0.884. The molecule has 20 heavy (non-hydrogen) atoms. The van der Waals surface area contributed by atoms with Gasteiger partial charge in [0.15, 0.2) is 0 Å². The van der Waals surface area contributed by atoms with Gasteiger partial charge in [-0.05, 0) is 38.8 Å². The van der Waals surface area contributed by atoms with E-state index in [-0.39, 0.29) is 0 Å².